The van der Waals surface area contributed by atoms with Crippen LogP contribution < -0.4 is 10.1 Å². The lowest BCUT2D eigenvalue weighted by Gasteiger charge is -2.20. The van der Waals surface area contributed by atoms with E-state index in [1.807, 2.05) is 24.3 Å². The summed E-state index contributed by atoms with van der Waals surface area (Å²) in [5.41, 5.74) is 0.852. The highest BCUT2D eigenvalue weighted by molar-refractivity contribution is 5.81. The molecule has 1 atom stereocenters. The van der Waals surface area contributed by atoms with Crippen LogP contribution in [0.15, 0.2) is 49.6 Å². The molecule has 0 aromatic heterocycles. The van der Waals surface area contributed by atoms with Gasteiger partial charge in [-0.05, 0) is 25.0 Å². The van der Waals surface area contributed by atoms with Crippen molar-refractivity contribution in [2.24, 2.45) is 0 Å². The van der Waals surface area contributed by atoms with Crippen LogP contribution in [0.4, 0.5) is 5.69 Å². The third-order valence-corrected chi connectivity index (χ3v) is 3.79. The molecule has 5 heteroatoms. The second-order valence-corrected chi connectivity index (χ2v) is 5.70. The first-order chi connectivity index (χ1) is 11.7. The van der Waals surface area contributed by atoms with Gasteiger partial charge in [0, 0.05) is 31.5 Å². The highest BCUT2D eigenvalue weighted by Crippen LogP contribution is 2.19. The Kier molecular flexibility index (Phi) is 7.36. The average Bonchev–Trinajstić information content (AvgIpc) is 3.11. The van der Waals surface area contributed by atoms with Gasteiger partial charge in [0.1, 0.15) is 12.4 Å². The van der Waals surface area contributed by atoms with E-state index in [1.54, 1.807) is 17.1 Å². The van der Waals surface area contributed by atoms with Crippen molar-refractivity contribution in [1.82, 2.24) is 4.90 Å². The van der Waals surface area contributed by atoms with Crippen LogP contribution in [0, 0.1) is 0 Å². The molecule has 1 fully saturated rings. The van der Waals surface area contributed by atoms with Crippen molar-refractivity contribution in [3.05, 3.63) is 49.6 Å². The fourth-order valence-electron chi connectivity index (χ4n) is 2.54. The molecule has 1 aliphatic heterocycles. The van der Waals surface area contributed by atoms with Crippen molar-refractivity contribution in [3.63, 3.8) is 0 Å². The van der Waals surface area contributed by atoms with Crippen LogP contribution in [0.3, 0.4) is 0 Å². The topological polar surface area (TPSA) is 50.8 Å². The lowest BCUT2D eigenvalue weighted by atomic mass is 10.2. The van der Waals surface area contributed by atoms with E-state index in [-0.39, 0.29) is 18.6 Å². The number of nitrogens with one attached hydrogen (secondary N) is 1. The number of carbonyl (C=O) groups excluding carboxylic acids is 1. The van der Waals surface area contributed by atoms with Gasteiger partial charge in [-0.2, -0.15) is 0 Å². The number of nitrogens with zero attached hydrogens (tertiary/aromatic N) is 1. The number of amides is 1. The Hall–Kier alpha value is -2.27. The lowest BCUT2D eigenvalue weighted by molar-refractivity contribution is -0.128. The summed E-state index contributed by atoms with van der Waals surface area (Å²) >= 11 is 0. The van der Waals surface area contributed by atoms with Gasteiger partial charge in [-0.25, -0.2) is 0 Å². The van der Waals surface area contributed by atoms with Gasteiger partial charge in [-0.3, -0.25) is 4.79 Å². The molecule has 130 valence electrons. The van der Waals surface area contributed by atoms with E-state index in [2.05, 4.69) is 18.5 Å². The monoisotopic (exact) mass is 330 g/mol. The summed E-state index contributed by atoms with van der Waals surface area (Å²) in [5, 5.41) is 3.14. The standard InChI is InChI=1S/C19H26N2O3/c1-3-10-21(11-4-2)19(22)14-20-16-7-5-8-17(13-16)24-15-18-9-6-12-23-18/h3-5,7-8,13,18,20H,1-2,6,9-12,14-15H2. The van der Waals surface area contributed by atoms with Crippen molar-refractivity contribution in [2.75, 3.05) is 38.2 Å². The summed E-state index contributed by atoms with van der Waals surface area (Å²) < 4.78 is 11.3. The zero-order valence-corrected chi connectivity index (χ0v) is 14.1. The van der Waals surface area contributed by atoms with Crippen molar-refractivity contribution >= 4 is 11.6 Å². The van der Waals surface area contributed by atoms with Gasteiger partial charge in [-0.1, -0.05) is 18.2 Å². The Morgan fingerprint density at radius 3 is 2.83 bits per heavy atom. The van der Waals surface area contributed by atoms with E-state index < -0.39 is 0 Å². The molecule has 1 amide bonds. The Bertz CT molecular complexity index is 543. The van der Waals surface area contributed by atoms with Gasteiger partial charge in [0.2, 0.25) is 5.91 Å². The van der Waals surface area contributed by atoms with Gasteiger partial charge in [0.15, 0.2) is 0 Å². The number of anilines is 1. The number of rotatable bonds is 10. The minimum atomic E-state index is 0.000442. The first kappa shape index (κ1) is 18.1. The SMILES string of the molecule is C=CCN(CC=C)C(=O)CNc1cccc(OCC2CCCO2)c1. The molecule has 1 aliphatic rings. The maximum atomic E-state index is 12.2. The van der Waals surface area contributed by atoms with Crippen LogP contribution in [-0.2, 0) is 9.53 Å². The molecule has 0 spiro atoms. The van der Waals surface area contributed by atoms with Crippen LogP contribution in [0.2, 0.25) is 0 Å². The van der Waals surface area contributed by atoms with E-state index in [0.717, 1.165) is 30.9 Å². The molecule has 1 saturated heterocycles. The molecule has 2 rings (SSSR count). The van der Waals surface area contributed by atoms with Crippen LogP contribution in [0.5, 0.6) is 5.75 Å². The second kappa shape index (κ2) is 9.78. The van der Waals surface area contributed by atoms with Gasteiger partial charge >= 0.3 is 0 Å². The zero-order valence-electron chi connectivity index (χ0n) is 14.1. The van der Waals surface area contributed by atoms with Crippen LogP contribution in [0.1, 0.15) is 12.8 Å². The number of benzene rings is 1. The third kappa shape index (κ3) is 5.74. The van der Waals surface area contributed by atoms with Crippen LogP contribution >= 0.6 is 0 Å². The average molecular weight is 330 g/mol. The fourth-order valence-corrected chi connectivity index (χ4v) is 2.54. The smallest absolute Gasteiger partial charge is 0.242 e. The third-order valence-electron chi connectivity index (χ3n) is 3.79. The van der Waals surface area contributed by atoms with Crippen molar-refractivity contribution in [3.8, 4) is 5.75 Å². The Morgan fingerprint density at radius 2 is 2.17 bits per heavy atom. The summed E-state index contributed by atoms with van der Waals surface area (Å²) in [7, 11) is 0. The minimum Gasteiger partial charge on any atom is -0.491 e. The first-order valence-corrected chi connectivity index (χ1v) is 8.31. The van der Waals surface area contributed by atoms with Gasteiger partial charge in [0.25, 0.3) is 0 Å². The molecule has 0 aliphatic carbocycles. The van der Waals surface area contributed by atoms with E-state index in [9.17, 15) is 4.79 Å². The number of ether oxygens (including phenoxy) is 2. The molecular formula is C19H26N2O3. The summed E-state index contributed by atoms with van der Waals surface area (Å²) in [4.78, 5) is 13.9. The van der Waals surface area contributed by atoms with Crippen molar-refractivity contribution < 1.29 is 14.3 Å². The normalized spacial score (nSPS) is 16.4. The largest absolute Gasteiger partial charge is 0.491 e. The molecule has 1 heterocycles. The summed E-state index contributed by atoms with van der Waals surface area (Å²) in [5.74, 6) is 0.775. The van der Waals surface area contributed by atoms with Gasteiger partial charge in [-0.15, -0.1) is 13.2 Å². The summed E-state index contributed by atoms with van der Waals surface area (Å²) in [6, 6.07) is 7.62. The van der Waals surface area contributed by atoms with Gasteiger partial charge < -0.3 is 19.7 Å². The Morgan fingerprint density at radius 1 is 1.38 bits per heavy atom. The predicted octanol–water partition coefficient (Wildman–Crippen LogP) is 2.86. The quantitative estimate of drug-likeness (QED) is 0.670. The molecular weight excluding hydrogens is 304 g/mol. The summed E-state index contributed by atoms with van der Waals surface area (Å²) in [6.45, 7) is 9.97. The molecule has 1 aromatic rings. The molecule has 0 saturated carbocycles. The highest BCUT2D eigenvalue weighted by atomic mass is 16.5. The van der Waals surface area contributed by atoms with Crippen LogP contribution in [0.25, 0.3) is 0 Å². The van der Waals surface area contributed by atoms with Crippen molar-refractivity contribution in [2.45, 2.75) is 18.9 Å². The van der Waals surface area contributed by atoms with E-state index in [0.29, 0.717) is 19.7 Å². The lowest BCUT2D eigenvalue weighted by Crippen LogP contribution is -2.35. The fraction of sp³-hybridized carbons (Fsp3) is 0.421. The van der Waals surface area contributed by atoms with E-state index >= 15 is 0 Å². The second-order valence-electron chi connectivity index (χ2n) is 5.70. The number of carbonyl (C=O) groups is 1. The predicted molar refractivity (Wildman–Crippen MR) is 96.4 cm³/mol. The Balaban J connectivity index is 1.83. The van der Waals surface area contributed by atoms with E-state index in [1.165, 1.54) is 0 Å². The van der Waals surface area contributed by atoms with Crippen molar-refractivity contribution in [1.29, 1.82) is 0 Å². The number of hydrogen-bond donors (Lipinski definition) is 1. The van der Waals surface area contributed by atoms with E-state index in [4.69, 9.17) is 9.47 Å². The minimum absolute atomic E-state index is 0.000442. The maximum Gasteiger partial charge on any atom is 0.242 e. The molecule has 1 aromatic carbocycles. The number of hydrogen-bond acceptors (Lipinski definition) is 4. The Labute approximate surface area is 143 Å². The summed E-state index contributed by atoms with van der Waals surface area (Å²) in [6.07, 6.45) is 5.76. The highest BCUT2D eigenvalue weighted by Gasteiger charge is 2.16. The molecule has 24 heavy (non-hydrogen) atoms. The van der Waals surface area contributed by atoms with Crippen LogP contribution in [-0.4, -0.2) is 49.8 Å². The molecule has 0 radical (unpaired) electrons. The maximum absolute atomic E-state index is 12.2. The molecule has 0 bridgehead atoms. The zero-order chi connectivity index (χ0) is 17.2. The first-order valence-electron chi connectivity index (χ1n) is 8.31. The molecule has 1 unspecified atom stereocenters. The van der Waals surface area contributed by atoms with Gasteiger partial charge in [0.05, 0.1) is 12.6 Å². The molecule has 5 nitrogen and oxygen atoms in total. The molecule has 1 N–H and O–H groups in total.